The number of rotatable bonds is 2. The lowest BCUT2D eigenvalue weighted by Crippen LogP contribution is -2.66. The van der Waals surface area contributed by atoms with Gasteiger partial charge in [-0.3, -0.25) is 9.59 Å². The Balaban J connectivity index is 1.76. The highest BCUT2D eigenvalue weighted by atomic mass is 16.2. The van der Waals surface area contributed by atoms with Crippen molar-refractivity contribution in [3.8, 4) is 0 Å². The zero-order valence-electron chi connectivity index (χ0n) is 12.5. The molecule has 0 spiro atoms. The number of nitrogens with zero attached hydrogens (tertiary/aromatic N) is 2. The van der Waals surface area contributed by atoms with E-state index in [9.17, 15) is 9.59 Å². The topological polar surface area (TPSA) is 52.7 Å². The largest absolute Gasteiger partial charge is 0.343 e. The number of nitrogens with one attached hydrogen (secondary N) is 1. The van der Waals surface area contributed by atoms with E-state index in [1.165, 1.54) is 19.4 Å². The fourth-order valence-electron chi connectivity index (χ4n) is 4.08. The van der Waals surface area contributed by atoms with Crippen LogP contribution in [0.1, 0.15) is 46.0 Å². The molecule has 2 amide bonds. The number of piperazine rings is 1. The second-order valence-electron chi connectivity index (χ2n) is 6.40. The third kappa shape index (κ3) is 2.22. The Morgan fingerprint density at radius 1 is 1.20 bits per heavy atom. The maximum Gasteiger partial charge on any atom is 0.246 e. The molecule has 0 saturated carbocycles. The number of amides is 2. The second kappa shape index (κ2) is 5.35. The quantitative estimate of drug-likeness (QED) is 0.811. The first-order chi connectivity index (χ1) is 9.61. The van der Waals surface area contributed by atoms with Gasteiger partial charge in [0.25, 0.3) is 0 Å². The summed E-state index contributed by atoms with van der Waals surface area (Å²) in [4.78, 5) is 29.1. The van der Waals surface area contributed by atoms with Gasteiger partial charge in [0.05, 0.1) is 0 Å². The van der Waals surface area contributed by atoms with Crippen molar-refractivity contribution in [1.29, 1.82) is 0 Å². The number of fused-ring (bicyclic) bond motifs is 1. The molecule has 4 unspecified atom stereocenters. The Labute approximate surface area is 120 Å². The molecule has 1 N–H and O–H groups in total. The van der Waals surface area contributed by atoms with Gasteiger partial charge in [-0.15, -0.1) is 0 Å². The van der Waals surface area contributed by atoms with E-state index in [4.69, 9.17) is 0 Å². The smallest absolute Gasteiger partial charge is 0.246 e. The monoisotopic (exact) mass is 279 g/mol. The minimum absolute atomic E-state index is 0.00491. The van der Waals surface area contributed by atoms with Crippen LogP contribution in [0, 0.1) is 0 Å². The van der Waals surface area contributed by atoms with Crippen molar-refractivity contribution in [2.24, 2.45) is 0 Å². The van der Waals surface area contributed by atoms with Crippen molar-refractivity contribution in [1.82, 2.24) is 15.1 Å². The minimum Gasteiger partial charge on any atom is -0.343 e. The maximum absolute atomic E-state index is 12.6. The summed E-state index contributed by atoms with van der Waals surface area (Å²) in [6, 6.07) is 0.235. The molecular formula is C15H25N3O2. The molecule has 3 rings (SSSR count). The first-order valence-corrected chi connectivity index (χ1v) is 7.98. The Morgan fingerprint density at radius 2 is 2.00 bits per heavy atom. The third-order valence-electron chi connectivity index (χ3n) is 5.26. The highest BCUT2D eigenvalue weighted by molar-refractivity contribution is 5.96. The van der Waals surface area contributed by atoms with Crippen LogP contribution in [0.5, 0.6) is 0 Å². The van der Waals surface area contributed by atoms with Crippen molar-refractivity contribution < 1.29 is 9.59 Å². The van der Waals surface area contributed by atoms with Crippen LogP contribution in [0.25, 0.3) is 0 Å². The van der Waals surface area contributed by atoms with E-state index in [0.29, 0.717) is 12.5 Å². The molecule has 0 aliphatic carbocycles. The highest BCUT2D eigenvalue weighted by Gasteiger charge is 2.43. The summed E-state index contributed by atoms with van der Waals surface area (Å²) in [5.74, 6) is 0.126. The fraction of sp³-hybridized carbons (Fsp3) is 0.867. The number of piperidine rings is 1. The molecule has 0 radical (unpaired) electrons. The summed E-state index contributed by atoms with van der Waals surface area (Å²) in [6.45, 7) is 6.10. The van der Waals surface area contributed by atoms with Crippen LogP contribution >= 0.6 is 0 Å². The van der Waals surface area contributed by atoms with Crippen LogP contribution in [-0.4, -0.2) is 58.9 Å². The first-order valence-electron chi connectivity index (χ1n) is 7.98. The summed E-state index contributed by atoms with van der Waals surface area (Å²) >= 11 is 0. The van der Waals surface area contributed by atoms with Crippen LogP contribution in [-0.2, 0) is 9.59 Å². The first kappa shape index (κ1) is 13.9. The highest BCUT2D eigenvalue weighted by Crippen LogP contribution is 2.31. The molecule has 4 atom stereocenters. The zero-order valence-corrected chi connectivity index (χ0v) is 12.5. The fourth-order valence-corrected chi connectivity index (χ4v) is 4.08. The molecule has 3 aliphatic heterocycles. The lowest BCUT2D eigenvalue weighted by Gasteiger charge is -2.46. The van der Waals surface area contributed by atoms with Gasteiger partial charge in [-0.05, 0) is 45.6 Å². The molecule has 3 aliphatic rings. The number of carbonyl (C=O) groups excluding carboxylic acids is 2. The lowest BCUT2D eigenvalue weighted by atomic mass is 9.93. The standard InChI is InChI=1S/C15H25N3O2/c1-3-13-15(20)18(10(2)14(19)16-13)12-6-8-17-7-4-5-11(17)9-12/h10-13H,3-9H2,1-2H3,(H,16,19). The van der Waals surface area contributed by atoms with Gasteiger partial charge in [-0.1, -0.05) is 6.92 Å². The van der Waals surface area contributed by atoms with E-state index < -0.39 is 0 Å². The van der Waals surface area contributed by atoms with E-state index in [-0.39, 0.29) is 29.9 Å². The average molecular weight is 279 g/mol. The summed E-state index contributed by atoms with van der Waals surface area (Å²) < 4.78 is 0. The number of hydrogen-bond acceptors (Lipinski definition) is 3. The van der Waals surface area contributed by atoms with Gasteiger partial charge in [0.15, 0.2) is 0 Å². The molecule has 3 fully saturated rings. The summed E-state index contributed by atoms with van der Waals surface area (Å²) in [7, 11) is 0. The predicted octanol–water partition coefficient (Wildman–Crippen LogP) is 0.739. The van der Waals surface area contributed by atoms with Gasteiger partial charge in [0.1, 0.15) is 12.1 Å². The summed E-state index contributed by atoms with van der Waals surface area (Å²) in [6.07, 6.45) is 5.25. The molecule has 0 bridgehead atoms. The Hall–Kier alpha value is -1.10. The van der Waals surface area contributed by atoms with Crippen molar-refractivity contribution in [3.05, 3.63) is 0 Å². The Kier molecular flexibility index (Phi) is 3.71. The zero-order chi connectivity index (χ0) is 14.3. The molecule has 3 heterocycles. The Bertz CT molecular complexity index is 412. The maximum atomic E-state index is 12.6. The van der Waals surface area contributed by atoms with E-state index in [0.717, 1.165) is 19.4 Å². The van der Waals surface area contributed by atoms with Gasteiger partial charge in [-0.25, -0.2) is 0 Å². The molecule has 5 heteroatoms. The number of carbonyl (C=O) groups is 2. The third-order valence-corrected chi connectivity index (χ3v) is 5.26. The molecule has 0 aromatic rings. The number of hydrogen-bond donors (Lipinski definition) is 1. The van der Waals surface area contributed by atoms with E-state index in [2.05, 4.69) is 10.2 Å². The van der Waals surface area contributed by atoms with Crippen molar-refractivity contribution in [2.45, 2.75) is 70.1 Å². The van der Waals surface area contributed by atoms with Gasteiger partial charge in [0.2, 0.25) is 11.8 Å². The molecular weight excluding hydrogens is 254 g/mol. The van der Waals surface area contributed by atoms with Crippen LogP contribution in [0.15, 0.2) is 0 Å². The second-order valence-corrected chi connectivity index (χ2v) is 6.40. The van der Waals surface area contributed by atoms with Gasteiger partial charge in [-0.2, -0.15) is 0 Å². The average Bonchev–Trinajstić information content (AvgIpc) is 2.90. The van der Waals surface area contributed by atoms with Crippen molar-refractivity contribution in [2.75, 3.05) is 13.1 Å². The molecule has 0 aromatic carbocycles. The Morgan fingerprint density at radius 3 is 2.75 bits per heavy atom. The molecule has 3 saturated heterocycles. The molecule has 20 heavy (non-hydrogen) atoms. The lowest BCUT2D eigenvalue weighted by molar-refractivity contribution is -0.153. The summed E-state index contributed by atoms with van der Waals surface area (Å²) in [5, 5.41) is 2.84. The van der Waals surface area contributed by atoms with Crippen molar-refractivity contribution >= 4 is 11.8 Å². The van der Waals surface area contributed by atoms with E-state index >= 15 is 0 Å². The normalized spacial score (nSPS) is 38.8. The van der Waals surface area contributed by atoms with Crippen LogP contribution in [0.2, 0.25) is 0 Å². The van der Waals surface area contributed by atoms with Crippen LogP contribution < -0.4 is 5.32 Å². The van der Waals surface area contributed by atoms with Gasteiger partial charge < -0.3 is 15.1 Å². The molecule has 112 valence electrons. The van der Waals surface area contributed by atoms with E-state index in [1.807, 2.05) is 18.7 Å². The van der Waals surface area contributed by atoms with Gasteiger partial charge >= 0.3 is 0 Å². The minimum atomic E-state index is -0.319. The molecule has 0 aromatic heterocycles. The SMILES string of the molecule is CCC1NC(=O)C(C)N(C2CCN3CCCC3C2)C1=O. The van der Waals surface area contributed by atoms with E-state index in [1.54, 1.807) is 0 Å². The van der Waals surface area contributed by atoms with Crippen LogP contribution in [0.3, 0.4) is 0 Å². The van der Waals surface area contributed by atoms with Crippen molar-refractivity contribution in [3.63, 3.8) is 0 Å². The van der Waals surface area contributed by atoms with Gasteiger partial charge in [0, 0.05) is 18.6 Å². The summed E-state index contributed by atoms with van der Waals surface area (Å²) in [5.41, 5.74) is 0. The predicted molar refractivity (Wildman–Crippen MR) is 76.1 cm³/mol. The molecule has 5 nitrogen and oxygen atoms in total. The van der Waals surface area contributed by atoms with Crippen LogP contribution in [0.4, 0.5) is 0 Å².